The average Bonchev–Trinajstić information content (AvgIpc) is 3.33. The minimum Gasteiger partial charge on any atom is -0.447 e. The fourth-order valence-corrected chi connectivity index (χ4v) is 3.20. The summed E-state index contributed by atoms with van der Waals surface area (Å²) in [6.45, 7) is 2.22. The Morgan fingerprint density at radius 3 is 2.92 bits per heavy atom. The Morgan fingerprint density at radius 1 is 1.46 bits per heavy atom. The first-order valence-corrected chi connectivity index (χ1v) is 8.33. The zero-order valence-corrected chi connectivity index (χ0v) is 14.1. The van der Waals surface area contributed by atoms with Gasteiger partial charge in [0.05, 0.1) is 29.6 Å². The van der Waals surface area contributed by atoms with Crippen LogP contribution in [0.2, 0.25) is 0 Å². The van der Waals surface area contributed by atoms with Gasteiger partial charge >= 0.3 is 6.09 Å². The highest BCUT2D eigenvalue weighted by Crippen LogP contribution is 2.38. The van der Waals surface area contributed by atoms with Crippen LogP contribution in [0.25, 0.3) is 10.8 Å². The van der Waals surface area contributed by atoms with Crippen molar-refractivity contribution in [2.45, 2.75) is 19.4 Å². The van der Waals surface area contributed by atoms with Crippen molar-refractivity contribution >= 4 is 40.0 Å². The quantitative estimate of drug-likeness (QED) is 0.818. The molecule has 1 saturated heterocycles. The van der Waals surface area contributed by atoms with E-state index in [1.807, 2.05) is 13.0 Å². The van der Waals surface area contributed by atoms with Gasteiger partial charge in [0, 0.05) is 17.3 Å². The Hall–Kier alpha value is -3.34. The molecule has 2 fully saturated rings. The number of carbonyl (C=O) groups is 2. The molecule has 8 nitrogen and oxygen atoms in total. The van der Waals surface area contributed by atoms with Crippen molar-refractivity contribution in [1.82, 2.24) is 4.98 Å². The molecule has 0 bridgehead atoms. The molecule has 2 aliphatic rings. The van der Waals surface area contributed by atoms with Gasteiger partial charge in [-0.3, -0.25) is 9.69 Å². The number of fused-ring (bicyclic) bond motifs is 1. The molecule has 1 aliphatic carbocycles. The van der Waals surface area contributed by atoms with Crippen LogP contribution in [0, 0.1) is 23.2 Å². The molecule has 8 heteroatoms. The smallest absolute Gasteiger partial charge is 0.414 e. The lowest BCUT2D eigenvalue weighted by molar-refractivity contribution is -0.117. The van der Waals surface area contributed by atoms with Crippen LogP contribution < -0.4 is 16.0 Å². The van der Waals surface area contributed by atoms with E-state index in [2.05, 4.69) is 16.4 Å². The van der Waals surface area contributed by atoms with Gasteiger partial charge in [-0.15, -0.1) is 0 Å². The minimum atomic E-state index is -0.407. The van der Waals surface area contributed by atoms with Gasteiger partial charge in [0.1, 0.15) is 12.4 Å². The highest BCUT2D eigenvalue weighted by molar-refractivity contribution is 6.02. The molecule has 2 aromatic rings. The number of hydrogen-bond donors (Lipinski definition) is 2. The highest BCUT2D eigenvalue weighted by atomic mass is 16.6. The number of ether oxygens (including phenoxy) is 1. The number of hydrogen-bond acceptors (Lipinski definition) is 6. The topological polar surface area (TPSA) is 121 Å². The number of nitriles is 1. The van der Waals surface area contributed by atoms with E-state index in [0.29, 0.717) is 30.2 Å². The van der Waals surface area contributed by atoms with Crippen LogP contribution in [0.5, 0.6) is 0 Å². The molecule has 0 unspecified atom stereocenters. The molecule has 3 atom stereocenters. The maximum Gasteiger partial charge on any atom is 0.414 e. The summed E-state index contributed by atoms with van der Waals surface area (Å²) in [6, 6.07) is 7.25. The van der Waals surface area contributed by atoms with Crippen LogP contribution in [0.1, 0.15) is 13.3 Å². The first kappa shape index (κ1) is 16.1. The number of pyridine rings is 1. The van der Waals surface area contributed by atoms with Crippen molar-refractivity contribution in [2.75, 3.05) is 22.6 Å². The second-order valence-electron chi connectivity index (χ2n) is 6.69. The molecule has 0 radical (unpaired) electrons. The second kappa shape index (κ2) is 5.88. The number of rotatable bonds is 3. The van der Waals surface area contributed by atoms with Gasteiger partial charge in [-0.1, -0.05) is 0 Å². The van der Waals surface area contributed by atoms with Crippen molar-refractivity contribution < 1.29 is 14.3 Å². The summed E-state index contributed by atoms with van der Waals surface area (Å²) in [5.74, 6) is -0.293. The zero-order valence-electron chi connectivity index (χ0n) is 14.1. The zero-order chi connectivity index (χ0) is 18.4. The van der Waals surface area contributed by atoms with Crippen LogP contribution in [0.15, 0.2) is 24.4 Å². The third-order valence-corrected chi connectivity index (χ3v) is 4.76. The van der Waals surface area contributed by atoms with Gasteiger partial charge in [-0.2, -0.15) is 5.26 Å². The van der Waals surface area contributed by atoms with Crippen molar-refractivity contribution in [2.24, 2.45) is 11.8 Å². The number of nitrogens with one attached hydrogen (secondary N) is 1. The Morgan fingerprint density at radius 2 is 2.27 bits per heavy atom. The lowest BCUT2D eigenvalue weighted by atomic mass is 10.1. The maximum absolute atomic E-state index is 12.1. The second-order valence-corrected chi connectivity index (χ2v) is 6.69. The number of amides is 2. The van der Waals surface area contributed by atoms with Crippen LogP contribution in [0.4, 0.5) is 22.0 Å². The standard InChI is InChI=1S/C18H17N5O3/c1-9-8-26-18(25)23(9)12-2-10-4-16(21-7-14(10)15(20)5-12)22-17(24)13-3-11(13)6-19/h2,4-5,7,9,11,13H,3,8,20H2,1H3,(H,21,22,24)/t9-,11-,13+/m1/s1. The van der Waals surface area contributed by atoms with Crippen molar-refractivity contribution in [1.29, 1.82) is 5.26 Å². The molecular formula is C18H17N5O3. The SMILES string of the molecule is C[C@@H]1COC(=O)N1c1cc(N)c2cnc(NC(=O)[C@H]3C[C@@H]3C#N)cc2c1. The van der Waals surface area contributed by atoms with Gasteiger partial charge in [-0.05, 0) is 36.9 Å². The number of anilines is 3. The molecule has 2 amide bonds. The predicted molar refractivity (Wildman–Crippen MR) is 95.3 cm³/mol. The molecule has 3 N–H and O–H groups in total. The van der Waals surface area contributed by atoms with Gasteiger partial charge in [0.15, 0.2) is 0 Å². The van der Waals surface area contributed by atoms with Crippen molar-refractivity contribution in [3.05, 3.63) is 24.4 Å². The summed E-state index contributed by atoms with van der Waals surface area (Å²) in [5.41, 5.74) is 7.25. The lowest BCUT2D eigenvalue weighted by Gasteiger charge is -2.19. The Kier molecular flexibility index (Phi) is 3.65. The summed E-state index contributed by atoms with van der Waals surface area (Å²) >= 11 is 0. The molecule has 1 aliphatic heterocycles. The van der Waals surface area contributed by atoms with Gasteiger partial charge in [-0.25, -0.2) is 9.78 Å². The van der Waals surface area contributed by atoms with Crippen molar-refractivity contribution in [3.8, 4) is 6.07 Å². The Labute approximate surface area is 149 Å². The summed E-state index contributed by atoms with van der Waals surface area (Å²) in [6.07, 6.45) is 1.77. The summed E-state index contributed by atoms with van der Waals surface area (Å²) in [5, 5.41) is 13.1. The van der Waals surface area contributed by atoms with E-state index < -0.39 is 6.09 Å². The largest absolute Gasteiger partial charge is 0.447 e. The predicted octanol–water partition coefficient (Wildman–Crippen LogP) is 2.26. The van der Waals surface area contributed by atoms with E-state index in [4.69, 9.17) is 15.7 Å². The monoisotopic (exact) mass is 351 g/mol. The number of nitrogen functional groups attached to an aromatic ring is 1. The maximum atomic E-state index is 12.1. The molecule has 132 valence electrons. The normalized spacial score (nSPS) is 24.2. The van der Waals surface area contributed by atoms with E-state index in [9.17, 15) is 9.59 Å². The number of benzene rings is 1. The summed E-state index contributed by atoms with van der Waals surface area (Å²) < 4.78 is 5.06. The number of nitrogens with zero attached hydrogens (tertiary/aromatic N) is 3. The molecular weight excluding hydrogens is 334 g/mol. The van der Waals surface area contributed by atoms with Gasteiger partial charge in [0.2, 0.25) is 5.91 Å². The molecule has 1 saturated carbocycles. The van der Waals surface area contributed by atoms with E-state index >= 15 is 0 Å². The molecule has 2 heterocycles. The molecule has 1 aromatic heterocycles. The molecule has 4 rings (SSSR count). The fourth-order valence-electron chi connectivity index (χ4n) is 3.20. The first-order chi connectivity index (χ1) is 12.5. The third kappa shape index (κ3) is 2.67. The highest BCUT2D eigenvalue weighted by Gasteiger charge is 2.43. The average molecular weight is 351 g/mol. The molecule has 0 spiro atoms. The fraction of sp³-hybridized carbons (Fsp3) is 0.333. The minimum absolute atomic E-state index is 0.0851. The van der Waals surface area contributed by atoms with Gasteiger partial charge < -0.3 is 15.8 Å². The number of nitrogens with two attached hydrogens (primary N) is 1. The van der Waals surface area contributed by atoms with Crippen LogP contribution >= 0.6 is 0 Å². The number of carbonyl (C=O) groups excluding carboxylic acids is 2. The molecule has 1 aromatic carbocycles. The number of aromatic nitrogens is 1. The number of cyclic esters (lactones) is 1. The van der Waals surface area contributed by atoms with Crippen molar-refractivity contribution in [3.63, 3.8) is 0 Å². The summed E-state index contributed by atoms with van der Waals surface area (Å²) in [4.78, 5) is 29.8. The first-order valence-electron chi connectivity index (χ1n) is 8.33. The van der Waals surface area contributed by atoms with Crippen LogP contribution in [-0.4, -0.2) is 29.6 Å². The Balaban J connectivity index is 1.65. The van der Waals surface area contributed by atoms with E-state index in [1.54, 1.807) is 23.2 Å². The van der Waals surface area contributed by atoms with E-state index in [1.165, 1.54) is 0 Å². The summed E-state index contributed by atoms with van der Waals surface area (Å²) in [7, 11) is 0. The third-order valence-electron chi connectivity index (χ3n) is 4.76. The van der Waals surface area contributed by atoms with Gasteiger partial charge in [0.25, 0.3) is 0 Å². The Bertz CT molecular complexity index is 967. The van der Waals surface area contributed by atoms with E-state index in [0.717, 1.165) is 10.8 Å². The van der Waals surface area contributed by atoms with E-state index in [-0.39, 0.29) is 23.8 Å². The van der Waals surface area contributed by atoms with Crippen LogP contribution in [0.3, 0.4) is 0 Å². The lowest BCUT2D eigenvalue weighted by Crippen LogP contribution is -2.30. The molecule has 26 heavy (non-hydrogen) atoms. The van der Waals surface area contributed by atoms with Crippen LogP contribution in [-0.2, 0) is 9.53 Å².